The van der Waals surface area contributed by atoms with Gasteiger partial charge in [-0.05, 0) is 51.2 Å². The summed E-state index contributed by atoms with van der Waals surface area (Å²) in [6.07, 6.45) is 0.0181. The Hall–Kier alpha value is -2.81. The summed E-state index contributed by atoms with van der Waals surface area (Å²) >= 11 is 6.24. The number of fused-ring (bicyclic) bond motifs is 1. The van der Waals surface area contributed by atoms with Crippen LogP contribution >= 0.6 is 11.6 Å². The number of hydrogen-bond donors (Lipinski definition) is 1. The number of imidazole rings is 1. The highest BCUT2D eigenvalue weighted by atomic mass is 35.5. The second-order valence-electron chi connectivity index (χ2n) is 10.5. The predicted octanol–water partition coefficient (Wildman–Crippen LogP) is 4.36. The number of hydrogen-bond acceptors (Lipinski definition) is 6. The van der Waals surface area contributed by atoms with Gasteiger partial charge in [-0.25, -0.2) is 9.78 Å². The molecule has 1 aromatic heterocycles. The van der Waals surface area contributed by atoms with Gasteiger partial charge in [0.15, 0.2) is 5.82 Å². The number of halogens is 1. The summed E-state index contributed by atoms with van der Waals surface area (Å²) in [6, 6.07) is 5.34. The van der Waals surface area contributed by atoms with E-state index in [0.717, 1.165) is 0 Å². The van der Waals surface area contributed by atoms with Gasteiger partial charge in [0.25, 0.3) is 5.91 Å². The number of likely N-dealkylation sites (tertiary alicyclic amines) is 1. The van der Waals surface area contributed by atoms with E-state index < -0.39 is 17.6 Å². The molecule has 1 aromatic carbocycles. The van der Waals surface area contributed by atoms with Crippen LogP contribution in [-0.2, 0) is 14.3 Å². The molecule has 2 aromatic rings. The fourth-order valence-electron chi connectivity index (χ4n) is 4.39. The van der Waals surface area contributed by atoms with E-state index in [2.05, 4.69) is 9.97 Å². The minimum atomic E-state index is -0.660. The Morgan fingerprint density at radius 1 is 1.26 bits per heavy atom. The lowest BCUT2D eigenvalue weighted by atomic mass is 9.88. The van der Waals surface area contributed by atoms with Crippen LogP contribution in [0, 0.1) is 17.8 Å². The fourth-order valence-corrected chi connectivity index (χ4v) is 4.61. The Morgan fingerprint density at radius 2 is 1.97 bits per heavy atom. The van der Waals surface area contributed by atoms with Crippen molar-refractivity contribution < 1.29 is 23.9 Å². The first-order chi connectivity index (χ1) is 16.4. The smallest absolute Gasteiger partial charge is 0.410 e. The molecule has 0 spiro atoms. The number of amides is 2. The molecular weight excluding hydrogens is 472 g/mol. The molecule has 2 unspecified atom stereocenters. The van der Waals surface area contributed by atoms with Crippen LogP contribution in [0.3, 0.4) is 0 Å². The maximum absolute atomic E-state index is 13.5. The van der Waals surface area contributed by atoms with E-state index in [1.165, 1.54) is 7.11 Å². The van der Waals surface area contributed by atoms with Crippen molar-refractivity contribution in [2.24, 2.45) is 17.8 Å². The van der Waals surface area contributed by atoms with Gasteiger partial charge in [0, 0.05) is 26.2 Å². The molecule has 0 radical (unpaired) electrons. The molecule has 9 nitrogen and oxygen atoms in total. The number of nitrogens with one attached hydrogen (secondary N) is 1. The number of carbonyl (C=O) groups is 3. The van der Waals surface area contributed by atoms with Crippen molar-refractivity contribution in [2.75, 3.05) is 33.3 Å². The zero-order valence-corrected chi connectivity index (χ0v) is 22.0. The highest BCUT2D eigenvalue weighted by Crippen LogP contribution is 2.27. The maximum Gasteiger partial charge on any atom is 0.410 e. The number of aromatic nitrogens is 2. The van der Waals surface area contributed by atoms with Gasteiger partial charge in [-0.1, -0.05) is 31.5 Å². The molecule has 1 fully saturated rings. The molecule has 10 heteroatoms. The van der Waals surface area contributed by atoms with Crippen molar-refractivity contribution in [3.63, 3.8) is 0 Å². The summed E-state index contributed by atoms with van der Waals surface area (Å²) < 4.78 is 10.5. The molecule has 0 bridgehead atoms. The van der Waals surface area contributed by atoms with Gasteiger partial charge in [0.2, 0.25) is 0 Å². The van der Waals surface area contributed by atoms with Crippen LogP contribution in [0.5, 0.6) is 0 Å². The quantitative estimate of drug-likeness (QED) is 0.583. The fraction of sp³-hybridized carbons (Fsp3) is 0.600. The van der Waals surface area contributed by atoms with Crippen LogP contribution in [0.4, 0.5) is 4.79 Å². The van der Waals surface area contributed by atoms with Gasteiger partial charge < -0.3 is 24.3 Å². The molecule has 35 heavy (non-hydrogen) atoms. The molecule has 0 aliphatic carbocycles. The first-order valence-corrected chi connectivity index (χ1v) is 12.2. The zero-order chi connectivity index (χ0) is 25.9. The lowest BCUT2D eigenvalue weighted by Crippen LogP contribution is -2.51. The second kappa shape index (κ2) is 10.8. The first kappa shape index (κ1) is 26.8. The van der Waals surface area contributed by atoms with Crippen molar-refractivity contribution in [1.82, 2.24) is 19.8 Å². The zero-order valence-electron chi connectivity index (χ0n) is 21.3. The maximum atomic E-state index is 13.5. The molecule has 192 valence electrons. The SMILES string of the molecule is COC(=O)C1CC(CN(CC(C)C)C(=O)c2nc3c(Cl)cccc3[nH]2)CN(C(=O)OC(C)(C)C)C1. The Kier molecular flexibility index (Phi) is 8.30. The minimum absolute atomic E-state index is 0.143. The topological polar surface area (TPSA) is 105 Å². The number of nitrogens with zero attached hydrogens (tertiary/aromatic N) is 3. The average Bonchev–Trinajstić information content (AvgIpc) is 3.21. The van der Waals surface area contributed by atoms with Crippen LogP contribution in [0.2, 0.25) is 5.02 Å². The van der Waals surface area contributed by atoms with Gasteiger partial charge in [-0.3, -0.25) is 9.59 Å². The van der Waals surface area contributed by atoms with Crippen molar-refractivity contribution >= 4 is 40.6 Å². The summed E-state index contributed by atoms with van der Waals surface area (Å²) in [5.74, 6) is -0.859. The van der Waals surface area contributed by atoms with Gasteiger partial charge in [0.05, 0.1) is 23.6 Å². The normalized spacial score (nSPS) is 18.6. The monoisotopic (exact) mass is 506 g/mol. The number of methoxy groups -OCH3 is 1. The number of H-pyrrole nitrogens is 1. The Labute approximate surface area is 211 Å². The number of esters is 1. The van der Waals surface area contributed by atoms with E-state index in [4.69, 9.17) is 21.1 Å². The molecule has 1 N–H and O–H groups in total. The molecule has 2 atom stereocenters. The molecule has 2 heterocycles. The summed E-state index contributed by atoms with van der Waals surface area (Å²) in [7, 11) is 1.34. The van der Waals surface area contributed by atoms with Crippen molar-refractivity contribution in [1.29, 1.82) is 0 Å². The minimum Gasteiger partial charge on any atom is -0.469 e. The van der Waals surface area contributed by atoms with Gasteiger partial charge >= 0.3 is 12.1 Å². The van der Waals surface area contributed by atoms with Gasteiger partial charge in [0.1, 0.15) is 11.1 Å². The highest BCUT2D eigenvalue weighted by molar-refractivity contribution is 6.35. The molecule has 3 rings (SSSR count). The molecule has 1 aliphatic rings. The first-order valence-electron chi connectivity index (χ1n) is 11.9. The van der Waals surface area contributed by atoms with E-state index in [1.807, 2.05) is 19.9 Å². The third-order valence-electron chi connectivity index (χ3n) is 5.74. The number of carbonyl (C=O) groups excluding carboxylic acids is 3. The summed E-state index contributed by atoms with van der Waals surface area (Å²) in [5.41, 5.74) is 0.568. The van der Waals surface area contributed by atoms with Crippen LogP contribution in [-0.4, -0.2) is 76.6 Å². The third-order valence-corrected chi connectivity index (χ3v) is 6.05. The lowest BCUT2D eigenvalue weighted by Gasteiger charge is -2.39. The number of benzene rings is 1. The summed E-state index contributed by atoms with van der Waals surface area (Å²) in [4.78, 5) is 49.5. The van der Waals surface area contributed by atoms with Crippen LogP contribution in [0.25, 0.3) is 11.0 Å². The third kappa shape index (κ3) is 6.87. The van der Waals surface area contributed by atoms with Crippen molar-refractivity contribution in [3.8, 4) is 0 Å². The average molecular weight is 507 g/mol. The Morgan fingerprint density at radius 3 is 2.57 bits per heavy atom. The van der Waals surface area contributed by atoms with Gasteiger partial charge in [-0.15, -0.1) is 0 Å². The number of para-hydroxylation sites is 1. The van der Waals surface area contributed by atoms with Crippen molar-refractivity contribution in [2.45, 2.75) is 46.6 Å². The van der Waals surface area contributed by atoms with Crippen LogP contribution < -0.4 is 0 Å². The molecule has 0 saturated carbocycles. The number of rotatable bonds is 6. The second-order valence-corrected chi connectivity index (χ2v) is 10.9. The van der Waals surface area contributed by atoms with E-state index in [0.29, 0.717) is 42.1 Å². The molecule has 2 amide bonds. The van der Waals surface area contributed by atoms with Crippen molar-refractivity contribution in [3.05, 3.63) is 29.0 Å². The number of ether oxygens (including phenoxy) is 2. The molecule has 1 aliphatic heterocycles. The Balaban J connectivity index is 1.84. The van der Waals surface area contributed by atoms with E-state index >= 15 is 0 Å². The highest BCUT2D eigenvalue weighted by Gasteiger charge is 2.37. The van der Waals surface area contributed by atoms with E-state index in [9.17, 15) is 14.4 Å². The lowest BCUT2D eigenvalue weighted by molar-refractivity contribution is -0.148. The summed E-state index contributed by atoms with van der Waals surface area (Å²) in [6.45, 7) is 10.9. The molecule has 1 saturated heterocycles. The number of aromatic amines is 1. The Bertz CT molecular complexity index is 1080. The largest absolute Gasteiger partial charge is 0.469 e. The van der Waals surface area contributed by atoms with E-state index in [1.54, 1.807) is 42.7 Å². The van der Waals surface area contributed by atoms with E-state index in [-0.39, 0.29) is 36.1 Å². The summed E-state index contributed by atoms with van der Waals surface area (Å²) in [5, 5.41) is 0.467. The van der Waals surface area contributed by atoms with Gasteiger partial charge in [-0.2, -0.15) is 0 Å². The number of piperidine rings is 1. The van der Waals surface area contributed by atoms with Crippen LogP contribution in [0.1, 0.15) is 51.7 Å². The predicted molar refractivity (Wildman–Crippen MR) is 133 cm³/mol. The standard InChI is InChI=1S/C25H35ClN4O5/c1-15(2)11-29(22(31)21-27-19-9-7-8-18(26)20(19)28-21)12-16-10-17(23(32)34-6)14-30(13-16)24(33)35-25(3,4)5/h7-9,15-17H,10-14H2,1-6H3,(H,27,28). The van der Waals surface area contributed by atoms with Crippen LogP contribution in [0.15, 0.2) is 18.2 Å². The molecular formula is C25H35ClN4O5.